The fourth-order valence-electron chi connectivity index (χ4n) is 3.67. The molecule has 1 aromatic heterocycles. The Morgan fingerprint density at radius 1 is 1.20 bits per heavy atom. The number of aromatic amines is 1. The first-order valence-electron chi connectivity index (χ1n) is 8.31. The maximum Gasteiger partial charge on any atom is 0.241 e. The van der Waals surface area contributed by atoms with Crippen LogP contribution < -0.4 is 4.72 Å². The molecule has 0 spiro atoms. The molecular formula is C19H19FN2O2S. The lowest BCUT2D eigenvalue weighted by molar-refractivity contribution is 0.506. The lowest BCUT2D eigenvalue weighted by atomic mass is 9.92. The van der Waals surface area contributed by atoms with E-state index in [-0.39, 0.29) is 10.9 Å². The minimum absolute atomic E-state index is 0.138. The average molecular weight is 358 g/mol. The smallest absolute Gasteiger partial charge is 0.241 e. The molecule has 1 unspecified atom stereocenters. The number of sulfonamides is 1. The first-order valence-corrected chi connectivity index (χ1v) is 9.79. The second kappa shape index (κ2) is 5.97. The minimum Gasteiger partial charge on any atom is -0.358 e. The molecule has 1 aliphatic rings. The summed E-state index contributed by atoms with van der Waals surface area (Å²) in [6.45, 7) is 1.61. The topological polar surface area (TPSA) is 62.0 Å². The van der Waals surface area contributed by atoms with Gasteiger partial charge in [0.25, 0.3) is 0 Å². The van der Waals surface area contributed by atoms with Crippen LogP contribution in [0.2, 0.25) is 0 Å². The fourth-order valence-corrected chi connectivity index (χ4v) is 5.16. The number of para-hydroxylation sites is 1. The summed E-state index contributed by atoms with van der Waals surface area (Å²) >= 11 is 0. The van der Waals surface area contributed by atoms with Crippen LogP contribution in [0.1, 0.15) is 23.2 Å². The Morgan fingerprint density at radius 3 is 2.80 bits per heavy atom. The van der Waals surface area contributed by atoms with Gasteiger partial charge >= 0.3 is 0 Å². The predicted molar refractivity (Wildman–Crippen MR) is 95.6 cm³/mol. The van der Waals surface area contributed by atoms with Crippen molar-refractivity contribution in [3.63, 3.8) is 0 Å². The molecular weight excluding hydrogens is 339 g/mol. The Morgan fingerprint density at radius 2 is 2.00 bits per heavy atom. The molecule has 1 heterocycles. The summed E-state index contributed by atoms with van der Waals surface area (Å²) in [5.74, 6) is -0.433. The third kappa shape index (κ3) is 2.96. The SMILES string of the molecule is Cc1cc(F)ccc1S(=O)(=O)NC1CCc2[nH]c3ccccc3c2C1. The summed E-state index contributed by atoms with van der Waals surface area (Å²) in [6, 6.07) is 11.7. The van der Waals surface area contributed by atoms with Crippen LogP contribution in [0.25, 0.3) is 10.9 Å². The van der Waals surface area contributed by atoms with E-state index in [4.69, 9.17) is 0 Å². The Bertz CT molecular complexity index is 1060. The van der Waals surface area contributed by atoms with Crippen LogP contribution in [0, 0.1) is 12.7 Å². The van der Waals surface area contributed by atoms with Gasteiger partial charge in [-0.05, 0) is 61.6 Å². The third-order valence-electron chi connectivity index (χ3n) is 4.84. The molecule has 4 rings (SSSR count). The Hall–Kier alpha value is -2.18. The van der Waals surface area contributed by atoms with Crippen LogP contribution in [-0.4, -0.2) is 19.4 Å². The maximum atomic E-state index is 13.3. The molecule has 6 heteroatoms. The van der Waals surface area contributed by atoms with Crippen molar-refractivity contribution in [2.75, 3.05) is 0 Å². The molecule has 0 fully saturated rings. The quantitative estimate of drug-likeness (QED) is 0.753. The van der Waals surface area contributed by atoms with Gasteiger partial charge < -0.3 is 4.98 Å². The van der Waals surface area contributed by atoms with Gasteiger partial charge in [0.1, 0.15) is 5.82 Å². The summed E-state index contributed by atoms with van der Waals surface area (Å²) in [5, 5.41) is 1.15. The van der Waals surface area contributed by atoms with Gasteiger partial charge in [0.05, 0.1) is 4.90 Å². The van der Waals surface area contributed by atoms with E-state index in [0.717, 1.165) is 23.7 Å². The van der Waals surface area contributed by atoms with Crippen molar-refractivity contribution < 1.29 is 12.8 Å². The number of aryl methyl sites for hydroxylation is 2. The second-order valence-electron chi connectivity index (χ2n) is 6.60. The van der Waals surface area contributed by atoms with E-state index in [1.807, 2.05) is 18.2 Å². The van der Waals surface area contributed by atoms with Crippen LogP contribution in [-0.2, 0) is 22.9 Å². The van der Waals surface area contributed by atoms with Crippen molar-refractivity contribution in [3.8, 4) is 0 Å². The van der Waals surface area contributed by atoms with Crippen LogP contribution in [0.3, 0.4) is 0 Å². The number of hydrogen-bond donors (Lipinski definition) is 2. The van der Waals surface area contributed by atoms with E-state index in [9.17, 15) is 12.8 Å². The summed E-state index contributed by atoms with van der Waals surface area (Å²) < 4.78 is 41.5. The minimum atomic E-state index is -3.67. The summed E-state index contributed by atoms with van der Waals surface area (Å²) in [7, 11) is -3.67. The number of nitrogens with one attached hydrogen (secondary N) is 2. The molecule has 1 atom stereocenters. The largest absolute Gasteiger partial charge is 0.358 e. The predicted octanol–water partition coefficient (Wildman–Crippen LogP) is 3.45. The van der Waals surface area contributed by atoms with Crippen molar-refractivity contribution >= 4 is 20.9 Å². The van der Waals surface area contributed by atoms with Gasteiger partial charge in [-0.1, -0.05) is 18.2 Å². The highest BCUT2D eigenvalue weighted by Gasteiger charge is 2.27. The normalized spacial score (nSPS) is 17.6. The van der Waals surface area contributed by atoms with Crippen LogP contribution in [0.15, 0.2) is 47.4 Å². The number of hydrogen-bond acceptors (Lipinski definition) is 2. The number of H-pyrrole nitrogens is 1. The van der Waals surface area contributed by atoms with Gasteiger partial charge in [-0.25, -0.2) is 17.5 Å². The van der Waals surface area contributed by atoms with Gasteiger partial charge in [0.2, 0.25) is 10.0 Å². The van der Waals surface area contributed by atoms with Crippen molar-refractivity contribution in [1.29, 1.82) is 0 Å². The maximum absolute atomic E-state index is 13.3. The number of benzene rings is 2. The Labute approximate surface area is 146 Å². The number of fused-ring (bicyclic) bond motifs is 3. The van der Waals surface area contributed by atoms with Crippen molar-refractivity contribution in [1.82, 2.24) is 9.71 Å². The average Bonchev–Trinajstić information content (AvgIpc) is 2.92. The number of halogens is 1. The fraction of sp³-hybridized carbons (Fsp3) is 0.263. The van der Waals surface area contributed by atoms with E-state index in [1.54, 1.807) is 6.92 Å². The molecule has 0 bridgehead atoms. The van der Waals surface area contributed by atoms with E-state index in [2.05, 4.69) is 15.8 Å². The third-order valence-corrected chi connectivity index (χ3v) is 6.52. The highest BCUT2D eigenvalue weighted by atomic mass is 32.2. The number of rotatable bonds is 3. The van der Waals surface area contributed by atoms with E-state index in [1.165, 1.54) is 29.5 Å². The van der Waals surface area contributed by atoms with Crippen molar-refractivity contribution in [2.24, 2.45) is 0 Å². The second-order valence-corrected chi connectivity index (χ2v) is 8.28. The standard InChI is InChI=1S/C19H19FN2O2S/c1-12-10-13(20)6-9-19(12)25(23,24)22-14-7-8-18-16(11-14)15-4-2-3-5-17(15)21-18/h2-6,9-10,14,21-22H,7-8,11H2,1H3. The van der Waals surface area contributed by atoms with Gasteiger partial charge in [-0.15, -0.1) is 0 Å². The summed E-state index contributed by atoms with van der Waals surface area (Å²) in [4.78, 5) is 3.57. The molecule has 130 valence electrons. The van der Waals surface area contributed by atoms with Gasteiger partial charge in [-0.2, -0.15) is 0 Å². The summed E-state index contributed by atoms with van der Waals surface area (Å²) in [5.41, 5.74) is 3.88. The first kappa shape index (κ1) is 16.3. The molecule has 25 heavy (non-hydrogen) atoms. The van der Waals surface area contributed by atoms with Gasteiger partial charge in [-0.3, -0.25) is 0 Å². The molecule has 0 amide bonds. The van der Waals surface area contributed by atoms with E-state index >= 15 is 0 Å². The molecule has 0 saturated carbocycles. The monoisotopic (exact) mass is 358 g/mol. The molecule has 3 aromatic rings. The Kier molecular flexibility index (Phi) is 3.89. The van der Waals surface area contributed by atoms with Crippen LogP contribution in [0.5, 0.6) is 0 Å². The van der Waals surface area contributed by atoms with Crippen LogP contribution in [0.4, 0.5) is 4.39 Å². The number of aromatic nitrogens is 1. The Balaban J connectivity index is 1.61. The molecule has 2 N–H and O–H groups in total. The van der Waals surface area contributed by atoms with E-state index in [0.29, 0.717) is 12.0 Å². The van der Waals surface area contributed by atoms with E-state index < -0.39 is 15.8 Å². The lowest BCUT2D eigenvalue weighted by Gasteiger charge is -2.24. The lowest BCUT2D eigenvalue weighted by Crippen LogP contribution is -2.39. The molecule has 4 nitrogen and oxygen atoms in total. The zero-order chi connectivity index (χ0) is 17.6. The molecule has 0 radical (unpaired) electrons. The van der Waals surface area contributed by atoms with Crippen molar-refractivity contribution in [2.45, 2.75) is 37.1 Å². The highest BCUT2D eigenvalue weighted by molar-refractivity contribution is 7.89. The van der Waals surface area contributed by atoms with Gasteiger partial charge in [0.15, 0.2) is 0 Å². The zero-order valence-electron chi connectivity index (χ0n) is 13.8. The highest BCUT2D eigenvalue weighted by Crippen LogP contribution is 2.29. The molecule has 0 saturated heterocycles. The zero-order valence-corrected chi connectivity index (χ0v) is 14.7. The van der Waals surface area contributed by atoms with Crippen LogP contribution >= 0.6 is 0 Å². The first-order chi connectivity index (χ1) is 11.9. The molecule has 2 aromatic carbocycles. The molecule has 1 aliphatic carbocycles. The van der Waals surface area contributed by atoms with Gasteiger partial charge in [0, 0.05) is 22.6 Å². The van der Waals surface area contributed by atoms with Crippen molar-refractivity contribution in [3.05, 3.63) is 65.1 Å². The summed E-state index contributed by atoms with van der Waals surface area (Å²) in [6.07, 6.45) is 2.19. The molecule has 0 aliphatic heterocycles.